The van der Waals surface area contributed by atoms with Crippen LogP contribution in [0.4, 0.5) is 14.5 Å². The molecule has 0 saturated carbocycles. The second kappa shape index (κ2) is 7.46. The summed E-state index contributed by atoms with van der Waals surface area (Å²) >= 11 is 0. The average molecular weight is 320 g/mol. The van der Waals surface area contributed by atoms with Gasteiger partial charge in [0.2, 0.25) is 15.9 Å². The first-order valence-corrected chi connectivity index (χ1v) is 8.13. The Morgan fingerprint density at radius 3 is 2.33 bits per heavy atom. The van der Waals surface area contributed by atoms with Crippen molar-refractivity contribution in [3.8, 4) is 0 Å². The number of halogens is 2. The van der Waals surface area contributed by atoms with E-state index < -0.39 is 33.3 Å². The summed E-state index contributed by atoms with van der Waals surface area (Å²) in [4.78, 5) is 12.4. The van der Waals surface area contributed by atoms with Gasteiger partial charge in [-0.05, 0) is 18.6 Å². The van der Waals surface area contributed by atoms with Gasteiger partial charge in [-0.15, -0.1) is 0 Å². The Kier molecular flexibility index (Phi) is 6.22. The Labute approximate surface area is 123 Å². The van der Waals surface area contributed by atoms with Crippen molar-refractivity contribution in [1.82, 2.24) is 4.72 Å². The van der Waals surface area contributed by atoms with Crippen LogP contribution in [0, 0.1) is 11.6 Å². The number of amides is 1. The van der Waals surface area contributed by atoms with E-state index >= 15 is 0 Å². The van der Waals surface area contributed by atoms with E-state index in [1.54, 1.807) is 6.92 Å². The van der Waals surface area contributed by atoms with Gasteiger partial charge in [-0.25, -0.2) is 21.9 Å². The number of hydrogen-bond acceptors (Lipinski definition) is 3. The van der Waals surface area contributed by atoms with Crippen LogP contribution in [-0.2, 0) is 14.8 Å². The highest BCUT2D eigenvalue weighted by Crippen LogP contribution is 2.23. The summed E-state index contributed by atoms with van der Waals surface area (Å²) in [6.45, 7) is 2.61. The lowest BCUT2D eigenvalue weighted by Gasteiger charge is -2.22. The smallest absolute Gasteiger partial charge is 0.224 e. The monoisotopic (exact) mass is 320 g/mol. The molecule has 0 saturated heterocycles. The summed E-state index contributed by atoms with van der Waals surface area (Å²) in [6, 6.07) is 3.27. The molecule has 0 spiro atoms. The number of carbonyl (C=O) groups is 1. The number of para-hydroxylation sites is 1. The number of hydrogen-bond donors (Lipinski definition) is 1. The molecule has 5 nitrogen and oxygen atoms in total. The van der Waals surface area contributed by atoms with E-state index in [1.165, 1.54) is 6.07 Å². The molecule has 0 aliphatic carbocycles. The number of carbonyl (C=O) groups excluding carboxylic acids is 1. The molecule has 8 heteroatoms. The van der Waals surface area contributed by atoms with Crippen LogP contribution in [0.2, 0.25) is 0 Å². The van der Waals surface area contributed by atoms with E-state index in [9.17, 15) is 22.0 Å². The summed E-state index contributed by atoms with van der Waals surface area (Å²) in [5, 5.41) is 0. The first-order chi connectivity index (χ1) is 9.78. The average Bonchev–Trinajstić information content (AvgIpc) is 2.36. The van der Waals surface area contributed by atoms with Crippen molar-refractivity contribution < 1.29 is 22.0 Å². The second-order valence-electron chi connectivity index (χ2n) is 4.45. The van der Waals surface area contributed by atoms with E-state index in [1.807, 2.05) is 0 Å². The van der Waals surface area contributed by atoms with E-state index in [-0.39, 0.29) is 18.8 Å². The molecule has 0 unspecified atom stereocenters. The summed E-state index contributed by atoms with van der Waals surface area (Å²) in [5.41, 5.74) is -0.473. The lowest BCUT2D eigenvalue weighted by molar-refractivity contribution is -0.116. The molecule has 0 aliphatic rings. The number of nitrogens with one attached hydrogen (secondary N) is 1. The van der Waals surface area contributed by atoms with Gasteiger partial charge in [-0.1, -0.05) is 13.0 Å². The van der Waals surface area contributed by atoms with Crippen molar-refractivity contribution >= 4 is 21.6 Å². The predicted octanol–water partition coefficient (Wildman–Crippen LogP) is 1.65. The van der Waals surface area contributed by atoms with Crippen LogP contribution in [0.25, 0.3) is 0 Å². The van der Waals surface area contributed by atoms with Gasteiger partial charge in [0.15, 0.2) is 0 Å². The van der Waals surface area contributed by atoms with Crippen molar-refractivity contribution in [2.24, 2.45) is 0 Å². The third-order valence-corrected chi connectivity index (χ3v) is 4.31. The molecule has 0 atom stereocenters. The van der Waals surface area contributed by atoms with Crippen LogP contribution in [0.1, 0.15) is 20.3 Å². The molecule has 0 aliphatic heterocycles. The number of benzene rings is 1. The fourth-order valence-corrected chi connectivity index (χ4v) is 2.91. The summed E-state index contributed by atoms with van der Waals surface area (Å²) in [6.07, 6.45) is 0.452. The van der Waals surface area contributed by atoms with Gasteiger partial charge in [0.25, 0.3) is 0 Å². The standard InChI is InChI=1S/C13H18F2N2O3S/c1-3-9-21(19,20)16-7-8-17(10(2)18)13-11(14)5-4-6-12(13)15/h4-6,16H,3,7-9H2,1-2H3. The second-order valence-corrected chi connectivity index (χ2v) is 6.38. The number of anilines is 1. The molecule has 0 heterocycles. The normalized spacial score (nSPS) is 11.4. The van der Waals surface area contributed by atoms with E-state index in [0.29, 0.717) is 6.42 Å². The van der Waals surface area contributed by atoms with Gasteiger partial charge in [0.05, 0.1) is 5.75 Å². The highest BCUT2D eigenvalue weighted by atomic mass is 32.2. The van der Waals surface area contributed by atoms with Crippen LogP contribution < -0.4 is 9.62 Å². The summed E-state index contributed by atoms with van der Waals surface area (Å²) < 4.78 is 52.6. The van der Waals surface area contributed by atoms with Gasteiger partial charge in [-0.2, -0.15) is 0 Å². The van der Waals surface area contributed by atoms with Gasteiger partial charge in [-0.3, -0.25) is 4.79 Å². The Balaban J connectivity index is 2.83. The minimum absolute atomic E-state index is 0.0405. The quantitative estimate of drug-likeness (QED) is 0.831. The molecule has 0 aromatic heterocycles. The summed E-state index contributed by atoms with van der Waals surface area (Å²) in [5.74, 6) is -2.36. The molecule has 1 amide bonds. The Hall–Kier alpha value is -1.54. The molecule has 0 bridgehead atoms. The molecule has 1 N–H and O–H groups in total. The maximum absolute atomic E-state index is 13.7. The lowest BCUT2D eigenvalue weighted by Crippen LogP contribution is -2.39. The van der Waals surface area contributed by atoms with Crippen molar-refractivity contribution in [3.05, 3.63) is 29.8 Å². The zero-order valence-corrected chi connectivity index (χ0v) is 12.7. The highest BCUT2D eigenvalue weighted by molar-refractivity contribution is 7.89. The van der Waals surface area contributed by atoms with Gasteiger partial charge in [0, 0.05) is 20.0 Å². The molecule has 1 aromatic rings. The molecule has 118 valence electrons. The largest absolute Gasteiger partial charge is 0.306 e. The van der Waals surface area contributed by atoms with Crippen LogP contribution in [0.3, 0.4) is 0 Å². The molecular weight excluding hydrogens is 302 g/mol. The highest BCUT2D eigenvalue weighted by Gasteiger charge is 2.20. The third-order valence-electron chi connectivity index (χ3n) is 2.72. The number of rotatable bonds is 7. The zero-order chi connectivity index (χ0) is 16.0. The van der Waals surface area contributed by atoms with Gasteiger partial charge < -0.3 is 4.90 Å². The van der Waals surface area contributed by atoms with Crippen molar-refractivity contribution in [2.45, 2.75) is 20.3 Å². The maximum atomic E-state index is 13.7. The van der Waals surface area contributed by atoms with Gasteiger partial charge >= 0.3 is 0 Å². The molecular formula is C13H18F2N2O3S. The lowest BCUT2D eigenvalue weighted by atomic mass is 10.2. The third kappa shape index (κ3) is 5.05. The SMILES string of the molecule is CCCS(=O)(=O)NCCN(C(C)=O)c1c(F)cccc1F. The molecule has 21 heavy (non-hydrogen) atoms. The van der Waals surface area contributed by atoms with Crippen LogP contribution >= 0.6 is 0 Å². The van der Waals surface area contributed by atoms with Crippen LogP contribution in [0.15, 0.2) is 18.2 Å². The number of sulfonamides is 1. The van der Waals surface area contributed by atoms with Crippen LogP contribution in [-0.4, -0.2) is 33.2 Å². The molecule has 1 rings (SSSR count). The molecule has 1 aromatic carbocycles. The Morgan fingerprint density at radius 1 is 1.29 bits per heavy atom. The van der Waals surface area contributed by atoms with Crippen molar-refractivity contribution in [3.63, 3.8) is 0 Å². The van der Waals surface area contributed by atoms with Crippen LogP contribution in [0.5, 0.6) is 0 Å². The Bertz CT molecular complexity index is 585. The topological polar surface area (TPSA) is 66.5 Å². The first-order valence-electron chi connectivity index (χ1n) is 6.48. The molecule has 0 radical (unpaired) electrons. The number of nitrogens with zero attached hydrogens (tertiary/aromatic N) is 1. The van der Waals surface area contributed by atoms with Gasteiger partial charge in [0.1, 0.15) is 17.3 Å². The minimum Gasteiger partial charge on any atom is -0.306 e. The molecule has 0 fully saturated rings. The van der Waals surface area contributed by atoms with Crippen molar-refractivity contribution in [2.75, 3.05) is 23.7 Å². The zero-order valence-electron chi connectivity index (χ0n) is 11.9. The van der Waals surface area contributed by atoms with E-state index in [0.717, 1.165) is 24.0 Å². The fraction of sp³-hybridized carbons (Fsp3) is 0.462. The minimum atomic E-state index is -3.43. The van der Waals surface area contributed by atoms with E-state index in [2.05, 4.69) is 4.72 Å². The maximum Gasteiger partial charge on any atom is 0.224 e. The van der Waals surface area contributed by atoms with E-state index in [4.69, 9.17) is 0 Å². The first kappa shape index (κ1) is 17.5. The Morgan fingerprint density at radius 2 is 1.86 bits per heavy atom. The predicted molar refractivity (Wildman–Crippen MR) is 76.5 cm³/mol. The summed E-state index contributed by atoms with van der Waals surface area (Å²) in [7, 11) is -3.43. The fourth-order valence-electron chi connectivity index (χ4n) is 1.83. The van der Waals surface area contributed by atoms with Crippen molar-refractivity contribution in [1.29, 1.82) is 0 Å².